The maximum atomic E-state index is 9.72. The highest BCUT2D eigenvalue weighted by atomic mass is 16.3. The van der Waals surface area contributed by atoms with E-state index in [1.807, 2.05) is 0 Å². The molecule has 0 aromatic carbocycles. The van der Waals surface area contributed by atoms with Gasteiger partial charge in [-0.1, -0.05) is 12.8 Å². The van der Waals surface area contributed by atoms with Gasteiger partial charge in [-0.15, -0.1) is 0 Å². The number of nitrogens with zero attached hydrogens (tertiary/aromatic N) is 3. The molecule has 0 bridgehead atoms. The standard InChI is InChI=1S/C11H16N4O/c16-10-4-2-1-3-9(10)7-14-15-11-8-12-5-6-13-11/h5-10,16H,1-4H2,(H,13,15)/b14-7+. The zero-order valence-electron chi connectivity index (χ0n) is 9.08. The predicted octanol–water partition coefficient (Wildman–Crippen LogP) is 1.43. The SMILES string of the molecule is OC1CCCCC1/C=N/Nc1cnccn1. The van der Waals surface area contributed by atoms with E-state index in [0.29, 0.717) is 5.82 Å². The third-order valence-corrected chi connectivity index (χ3v) is 2.79. The van der Waals surface area contributed by atoms with E-state index in [4.69, 9.17) is 0 Å². The smallest absolute Gasteiger partial charge is 0.164 e. The maximum Gasteiger partial charge on any atom is 0.164 e. The average Bonchev–Trinajstić information content (AvgIpc) is 2.33. The second-order valence-corrected chi connectivity index (χ2v) is 4.00. The highest BCUT2D eigenvalue weighted by Gasteiger charge is 2.20. The first-order chi connectivity index (χ1) is 7.86. The summed E-state index contributed by atoms with van der Waals surface area (Å²) in [5.74, 6) is 0.780. The average molecular weight is 220 g/mol. The summed E-state index contributed by atoms with van der Waals surface area (Å²) in [4.78, 5) is 7.95. The van der Waals surface area contributed by atoms with Crippen molar-refractivity contribution < 1.29 is 5.11 Å². The molecule has 0 aliphatic heterocycles. The molecular weight excluding hydrogens is 204 g/mol. The molecule has 0 spiro atoms. The molecule has 1 aliphatic carbocycles. The number of hydrazone groups is 1. The quantitative estimate of drug-likeness (QED) is 0.597. The molecule has 1 heterocycles. The molecule has 1 fully saturated rings. The topological polar surface area (TPSA) is 70.4 Å². The molecule has 2 unspecified atom stereocenters. The lowest BCUT2D eigenvalue weighted by atomic mass is 9.87. The lowest BCUT2D eigenvalue weighted by Crippen LogP contribution is -2.25. The van der Waals surface area contributed by atoms with Crippen LogP contribution in [0.3, 0.4) is 0 Å². The second-order valence-electron chi connectivity index (χ2n) is 4.00. The number of aliphatic hydroxyl groups is 1. The van der Waals surface area contributed by atoms with Gasteiger partial charge < -0.3 is 5.11 Å². The number of hydrogen-bond acceptors (Lipinski definition) is 5. The van der Waals surface area contributed by atoms with Gasteiger partial charge in [0.1, 0.15) is 0 Å². The van der Waals surface area contributed by atoms with Crippen molar-refractivity contribution in [3.8, 4) is 0 Å². The van der Waals surface area contributed by atoms with Crippen molar-refractivity contribution in [2.75, 3.05) is 5.43 Å². The summed E-state index contributed by atoms with van der Waals surface area (Å²) >= 11 is 0. The molecule has 16 heavy (non-hydrogen) atoms. The van der Waals surface area contributed by atoms with Gasteiger partial charge in [-0.25, -0.2) is 4.98 Å². The van der Waals surface area contributed by atoms with Crippen molar-refractivity contribution in [3.05, 3.63) is 18.6 Å². The minimum absolute atomic E-state index is 0.165. The molecule has 0 amide bonds. The molecule has 1 aliphatic rings. The first-order valence-corrected chi connectivity index (χ1v) is 5.59. The lowest BCUT2D eigenvalue weighted by molar-refractivity contribution is 0.103. The number of aliphatic hydroxyl groups excluding tert-OH is 1. The number of anilines is 1. The summed E-state index contributed by atoms with van der Waals surface area (Å²) in [6.45, 7) is 0. The van der Waals surface area contributed by atoms with Crippen LogP contribution >= 0.6 is 0 Å². The molecular formula is C11H16N4O. The fourth-order valence-electron chi connectivity index (χ4n) is 1.87. The van der Waals surface area contributed by atoms with Crippen LogP contribution in [0, 0.1) is 5.92 Å². The van der Waals surface area contributed by atoms with Crippen molar-refractivity contribution in [2.24, 2.45) is 11.0 Å². The van der Waals surface area contributed by atoms with Crippen LogP contribution < -0.4 is 5.43 Å². The van der Waals surface area contributed by atoms with Crippen LogP contribution in [0.2, 0.25) is 0 Å². The molecule has 0 saturated heterocycles. The van der Waals surface area contributed by atoms with E-state index in [2.05, 4.69) is 20.5 Å². The van der Waals surface area contributed by atoms with Gasteiger partial charge in [0.15, 0.2) is 5.82 Å². The second kappa shape index (κ2) is 5.55. The molecule has 0 radical (unpaired) electrons. The Morgan fingerprint density at radius 3 is 3.00 bits per heavy atom. The van der Waals surface area contributed by atoms with E-state index in [1.165, 1.54) is 6.42 Å². The third kappa shape index (κ3) is 3.00. The number of aromatic nitrogens is 2. The normalized spacial score (nSPS) is 25.8. The Morgan fingerprint density at radius 2 is 2.25 bits per heavy atom. The van der Waals surface area contributed by atoms with Gasteiger partial charge in [-0.2, -0.15) is 5.10 Å². The Bertz CT molecular complexity index is 341. The molecule has 86 valence electrons. The molecule has 2 N–H and O–H groups in total. The minimum atomic E-state index is -0.249. The van der Waals surface area contributed by atoms with Crippen LogP contribution in [0.15, 0.2) is 23.7 Å². The van der Waals surface area contributed by atoms with E-state index < -0.39 is 0 Å². The molecule has 2 rings (SSSR count). The Balaban J connectivity index is 1.85. The van der Waals surface area contributed by atoms with Crippen LogP contribution in [-0.4, -0.2) is 27.4 Å². The van der Waals surface area contributed by atoms with E-state index in [1.54, 1.807) is 24.8 Å². The van der Waals surface area contributed by atoms with E-state index in [9.17, 15) is 5.11 Å². The first kappa shape index (κ1) is 11.0. The number of hydrogen-bond donors (Lipinski definition) is 2. The molecule has 5 nitrogen and oxygen atoms in total. The molecule has 5 heteroatoms. The predicted molar refractivity (Wildman–Crippen MR) is 62.1 cm³/mol. The Hall–Kier alpha value is -1.49. The molecule has 1 aromatic rings. The molecule has 2 atom stereocenters. The zero-order valence-corrected chi connectivity index (χ0v) is 9.08. The van der Waals surface area contributed by atoms with Crippen molar-refractivity contribution in [1.29, 1.82) is 0 Å². The Kier molecular flexibility index (Phi) is 3.82. The Morgan fingerprint density at radius 1 is 1.38 bits per heavy atom. The monoisotopic (exact) mass is 220 g/mol. The van der Waals surface area contributed by atoms with Crippen LogP contribution in [-0.2, 0) is 0 Å². The lowest BCUT2D eigenvalue weighted by Gasteiger charge is -2.23. The van der Waals surface area contributed by atoms with Gasteiger partial charge >= 0.3 is 0 Å². The van der Waals surface area contributed by atoms with Crippen molar-refractivity contribution in [1.82, 2.24) is 9.97 Å². The summed E-state index contributed by atoms with van der Waals surface area (Å²) in [6.07, 6.45) is 10.5. The van der Waals surface area contributed by atoms with Crippen LogP contribution in [0.25, 0.3) is 0 Å². The molecule has 1 aromatic heterocycles. The minimum Gasteiger partial charge on any atom is -0.392 e. The summed E-state index contributed by atoms with van der Waals surface area (Å²) in [5.41, 5.74) is 2.80. The number of nitrogens with one attached hydrogen (secondary N) is 1. The summed E-state index contributed by atoms with van der Waals surface area (Å²) in [5, 5.41) is 13.8. The zero-order chi connectivity index (χ0) is 11.2. The maximum absolute atomic E-state index is 9.72. The van der Waals surface area contributed by atoms with Gasteiger partial charge in [-0.05, 0) is 12.8 Å². The fraction of sp³-hybridized carbons (Fsp3) is 0.545. The summed E-state index contributed by atoms with van der Waals surface area (Å²) in [7, 11) is 0. The van der Waals surface area contributed by atoms with E-state index in [-0.39, 0.29) is 12.0 Å². The largest absolute Gasteiger partial charge is 0.392 e. The van der Waals surface area contributed by atoms with E-state index >= 15 is 0 Å². The highest BCUT2D eigenvalue weighted by Crippen LogP contribution is 2.22. The van der Waals surface area contributed by atoms with Crippen LogP contribution in [0.1, 0.15) is 25.7 Å². The van der Waals surface area contributed by atoms with Crippen LogP contribution in [0.5, 0.6) is 0 Å². The van der Waals surface area contributed by atoms with Gasteiger partial charge in [0.05, 0.1) is 12.3 Å². The third-order valence-electron chi connectivity index (χ3n) is 2.79. The van der Waals surface area contributed by atoms with Crippen LogP contribution in [0.4, 0.5) is 5.82 Å². The number of rotatable bonds is 3. The first-order valence-electron chi connectivity index (χ1n) is 5.59. The van der Waals surface area contributed by atoms with Gasteiger partial charge in [0.2, 0.25) is 0 Å². The van der Waals surface area contributed by atoms with Crippen molar-refractivity contribution >= 4 is 12.0 Å². The fourth-order valence-corrected chi connectivity index (χ4v) is 1.87. The van der Waals surface area contributed by atoms with Gasteiger partial charge in [0, 0.05) is 24.5 Å². The Labute approximate surface area is 94.6 Å². The van der Waals surface area contributed by atoms with Crippen molar-refractivity contribution in [2.45, 2.75) is 31.8 Å². The summed E-state index contributed by atoms with van der Waals surface area (Å²) in [6, 6.07) is 0. The van der Waals surface area contributed by atoms with Gasteiger partial charge in [-0.3, -0.25) is 10.4 Å². The van der Waals surface area contributed by atoms with Gasteiger partial charge in [0.25, 0.3) is 0 Å². The highest BCUT2D eigenvalue weighted by molar-refractivity contribution is 5.62. The molecule has 1 saturated carbocycles. The summed E-state index contributed by atoms with van der Waals surface area (Å²) < 4.78 is 0. The van der Waals surface area contributed by atoms with Crippen molar-refractivity contribution in [3.63, 3.8) is 0 Å². The van der Waals surface area contributed by atoms with E-state index in [0.717, 1.165) is 19.3 Å².